The molecule has 0 aliphatic rings. The third kappa shape index (κ3) is 6.25. The first kappa shape index (κ1) is 21.2. The number of ether oxygens (including phenoxy) is 1. The quantitative estimate of drug-likeness (QED) is 0.294. The highest BCUT2D eigenvalue weighted by Gasteiger charge is 2.19. The Morgan fingerprint density at radius 1 is 1.07 bits per heavy atom. The Hall–Kier alpha value is -3.11. The lowest BCUT2D eigenvalue weighted by Gasteiger charge is -2.09. The summed E-state index contributed by atoms with van der Waals surface area (Å²) in [5.74, 6) is 5.34. The number of benzene rings is 2. The van der Waals surface area contributed by atoms with E-state index in [9.17, 15) is 4.79 Å². The zero-order valence-corrected chi connectivity index (χ0v) is 17.3. The molecule has 0 unspecified atom stereocenters. The molecule has 144 valence electrons. The molecule has 7 heteroatoms. The van der Waals surface area contributed by atoms with Crippen LogP contribution in [-0.2, 0) is 25.8 Å². The van der Waals surface area contributed by atoms with Gasteiger partial charge in [0.1, 0.15) is 19.4 Å². The van der Waals surface area contributed by atoms with Crippen LogP contribution in [0.25, 0.3) is 0 Å². The second-order valence-electron chi connectivity index (χ2n) is 5.48. The van der Waals surface area contributed by atoms with Crippen LogP contribution in [0.2, 0.25) is 0 Å². The molecule has 0 fully saturated rings. The molecule has 0 aliphatic heterocycles. The van der Waals surface area contributed by atoms with Crippen LogP contribution in [0.3, 0.4) is 0 Å². The van der Waals surface area contributed by atoms with Gasteiger partial charge in [0.2, 0.25) is 0 Å². The third-order valence-electron chi connectivity index (χ3n) is 3.49. The van der Waals surface area contributed by atoms with Gasteiger partial charge in [-0.15, -0.1) is 0 Å². The second kappa shape index (κ2) is 10.9. The van der Waals surface area contributed by atoms with Gasteiger partial charge in [-0.1, -0.05) is 56.4 Å². The molecule has 0 amide bonds. The molecule has 28 heavy (non-hydrogen) atoms. The molecule has 0 saturated carbocycles. The van der Waals surface area contributed by atoms with Crippen LogP contribution in [0.15, 0.2) is 63.3 Å². The maximum absolute atomic E-state index is 12.0. The summed E-state index contributed by atoms with van der Waals surface area (Å²) in [6.45, 7) is 1.89. The summed E-state index contributed by atoms with van der Waals surface area (Å²) in [6, 6.07) is 14.8. The van der Waals surface area contributed by atoms with E-state index in [-0.39, 0.29) is 12.3 Å². The molecular weight excluding hydrogens is 424 g/mol. The van der Waals surface area contributed by atoms with Gasteiger partial charge >= 0.3 is 5.97 Å². The van der Waals surface area contributed by atoms with Gasteiger partial charge in [-0.25, -0.2) is 4.79 Å². The predicted molar refractivity (Wildman–Crippen MR) is 111 cm³/mol. The summed E-state index contributed by atoms with van der Waals surface area (Å²) in [5, 5.41) is 7.77. The van der Waals surface area contributed by atoms with E-state index in [0.29, 0.717) is 16.8 Å². The zero-order chi connectivity index (χ0) is 20.4. The number of nitrogens with zero attached hydrogens (tertiary/aromatic N) is 2. The summed E-state index contributed by atoms with van der Waals surface area (Å²) in [6.07, 6.45) is 0. The van der Waals surface area contributed by atoms with E-state index in [2.05, 4.69) is 38.1 Å². The molecular formula is C21H19BrN2O4. The summed E-state index contributed by atoms with van der Waals surface area (Å²) in [4.78, 5) is 22.1. The number of halogens is 1. The van der Waals surface area contributed by atoms with Crippen molar-refractivity contribution < 1.29 is 19.2 Å². The molecule has 2 aromatic rings. The Morgan fingerprint density at radius 2 is 1.79 bits per heavy atom. The predicted octanol–water partition coefficient (Wildman–Crippen LogP) is 3.92. The number of oxime groups is 2. The molecule has 2 rings (SSSR count). The smallest absolute Gasteiger partial charge is 0.360 e. The minimum Gasteiger partial charge on any atom is -0.464 e. The molecule has 0 heterocycles. The fourth-order valence-electron chi connectivity index (χ4n) is 2.18. The Bertz CT molecular complexity index is 941. The van der Waals surface area contributed by atoms with Crippen molar-refractivity contribution >= 4 is 33.3 Å². The fourth-order valence-corrected chi connectivity index (χ4v) is 2.44. The van der Waals surface area contributed by atoms with Gasteiger partial charge in [-0.05, 0) is 37.1 Å². The van der Waals surface area contributed by atoms with Crippen LogP contribution in [0.1, 0.15) is 23.6 Å². The first-order chi connectivity index (χ1) is 13.5. The second-order valence-corrected chi connectivity index (χ2v) is 6.39. The maximum Gasteiger partial charge on any atom is 0.360 e. The van der Waals surface area contributed by atoms with Gasteiger partial charge in [-0.3, -0.25) is 0 Å². The van der Waals surface area contributed by atoms with Crippen LogP contribution in [0, 0.1) is 11.8 Å². The molecule has 0 spiro atoms. The van der Waals surface area contributed by atoms with E-state index in [1.54, 1.807) is 19.1 Å². The molecule has 2 aromatic carbocycles. The highest BCUT2D eigenvalue weighted by atomic mass is 79.9. The molecule has 0 radical (unpaired) electrons. The minimum absolute atomic E-state index is 0.0555. The topological polar surface area (TPSA) is 69.5 Å². The van der Waals surface area contributed by atoms with Crippen molar-refractivity contribution in [2.24, 2.45) is 10.3 Å². The summed E-state index contributed by atoms with van der Waals surface area (Å²) in [5.41, 5.74) is 2.71. The first-order valence-corrected chi connectivity index (χ1v) is 9.06. The van der Waals surface area contributed by atoms with Crippen molar-refractivity contribution in [3.05, 3.63) is 69.7 Å². The van der Waals surface area contributed by atoms with Gasteiger partial charge < -0.3 is 14.4 Å². The molecule has 0 atom stereocenters. The number of esters is 1. The normalized spacial score (nSPS) is 11.3. The Morgan fingerprint density at radius 3 is 2.46 bits per heavy atom. The lowest BCUT2D eigenvalue weighted by Crippen LogP contribution is -2.19. The van der Waals surface area contributed by atoms with E-state index in [4.69, 9.17) is 14.4 Å². The molecule has 0 saturated heterocycles. The van der Waals surface area contributed by atoms with Gasteiger partial charge in [0.25, 0.3) is 0 Å². The number of carbonyl (C=O) groups is 1. The van der Waals surface area contributed by atoms with Crippen molar-refractivity contribution in [1.82, 2.24) is 0 Å². The largest absolute Gasteiger partial charge is 0.464 e. The number of hydrogen-bond donors (Lipinski definition) is 0. The number of hydrogen-bond acceptors (Lipinski definition) is 6. The van der Waals surface area contributed by atoms with Crippen molar-refractivity contribution in [2.45, 2.75) is 13.5 Å². The van der Waals surface area contributed by atoms with Gasteiger partial charge in [0, 0.05) is 21.2 Å². The van der Waals surface area contributed by atoms with Crippen molar-refractivity contribution in [1.29, 1.82) is 0 Å². The van der Waals surface area contributed by atoms with E-state index >= 15 is 0 Å². The van der Waals surface area contributed by atoms with Crippen molar-refractivity contribution in [3.8, 4) is 11.8 Å². The standard InChI is InChI=1S/C21H19BrN2O4/c1-15(8-9-16-10-12-18(22)13-11-16)23-28-14-17-6-4-5-7-19(17)20(24-27-3)21(25)26-2/h4-7,10-13H,14H2,1-3H3/b23-15+,24-20+. The first-order valence-electron chi connectivity index (χ1n) is 8.27. The van der Waals surface area contributed by atoms with E-state index in [1.165, 1.54) is 14.2 Å². The maximum atomic E-state index is 12.0. The number of carbonyl (C=O) groups excluding carboxylic acids is 1. The average molecular weight is 443 g/mol. The summed E-state index contributed by atoms with van der Waals surface area (Å²) in [7, 11) is 2.64. The van der Waals surface area contributed by atoms with E-state index in [0.717, 1.165) is 10.0 Å². The Labute approximate surface area is 172 Å². The third-order valence-corrected chi connectivity index (χ3v) is 4.02. The fraction of sp³-hybridized carbons (Fsp3) is 0.190. The monoisotopic (exact) mass is 442 g/mol. The zero-order valence-electron chi connectivity index (χ0n) is 15.7. The van der Waals surface area contributed by atoms with Crippen LogP contribution in [0.5, 0.6) is 0 Å². The SMILES string of the molecule is CO/N=C(/C(=O)OC)c1ccccc1CO/N=C(\C)C#Cc1ccc(Br)cc1. The molecule has 0 aliphatic carbocycles. The molecule has 0 aromatic heterocycles. The van der Waals surface area contributed by atoms with Crippen LogP contribution in [0.4, 0.5) is 0 Å². The number of rotatable bonds is 6. The van der Waals surface area contributed by atoms with E-state index in [1.807, 2.05) is 36.4 Å². The minimum atomic E-state index is -0.602. The molecule has 0 bridgehead atoms. The van der Waals surface area contributed by atoms with Crippen molar-refractivity contribution in [2.75, 3.05) is 14.2 Å². The van der Waals surface area contributed by atoms with Gasteiger partial charge in [0.15, 0.2) is 5.71 Å². The van der Waals surface area contributed by atoms with Crippen LogP contribution < -0.4 is 0 Å². The lowest BCUT2D eigenvalue weighted by molar-refractivity contribution is -0.132. The van der Waals surface area contributed by atoms with Crippen LogP contribution >= 0.6 is 15.9 Å². The molecule has 6 nitrogen and oxygen atoms in total. The van der Waals surface area contributed by atoms with Crippen molar-refractivity contribution in [3.63, 3.8) is 0 Å². The lowest BCUT2D eigenvalue weighted by atomic mass is 10.0. The summed E-state index contributed by atoms with van der Waals surface area (Å²) >= 11 is 3.38. The number of methoxy groups -OCH3 is 1. The Balaban J connectivity index is 2.11. The highest BCUT2D eigenvalue weighted by Crippen LogP contribution is 2.13. The Kier molecular flexibility index (Phi) is 8.25. The average Bonchev–Trinajstić information content (AvgIpc) is 2.71. The van der Waals surface area contributed by atoms with E-state index < -0.39 is 5.97 Å². The summed E-state index contributed by atoms with van der Waals surface area (Å²) < 4.78 is 5.75. The molecule has 0 N–H and O–H groups in total. The highest BCUT2D eigenvalue weighted by molar-refractivity contribution is 9.10. The van der Waals surface area contributed by atoms with Gasteiger partial charge in [0.05, 0.1) is 7.11 Å². The van der Waals surface area contributed by atoms with Crippen LogP contribution in [-0.4, -0.2) is 31.6 Å². The van der Waals surface area contributed by atoms with Gasteiger partial charge in [-0.2, -0.15) is 0 Å².